The van der Waals surface area contributed by atoms with Crippen molar-refractivity contribution in [2.24, 2.45) is 0 Å². The molecule has 36 heavy (non-hydrogen) atoms. The van der Waals surface area contributed by atoms with E-state index in [1.54, 1.807) is 0 Å². The highest BCUT2D eigenvalue weighted by atomic mass is 16.5. The molecule has 2 aromatic carbocycles. The molecule has 10 heteroatoms. The van der Waals surface area contributed by atoms with Crippen LogP contribution in [0.5, 0.6) is 11.5 Å². The number of fused-ring (bicyclic) bond motifs is 2. The number of aryl methyl sites for hydroxylation is 2. The largest absolute Gasteiger partial charge is 0.506 e. The van der Waals surface area contributed by atoms with Crippen LogP contribution in [-0.2, 0) is 31.9 Å². The predicted octanol–water partition coefficient (Wildman–Crippen LogP) is 3.19. The van der Waals surface area contributed by atoms with E-state index in [-0.39, 0.29) is 70.3 Å². The van der Waals surface area contributed by atoms with Crippen LogP contribution in [0.25, 0.3) is 33.1 Å². The molecule has 2 heterocycles. The fourth-order valence-electron chi connectivity index (χ4n) is 3.91. The summed E-state index contributed by atoms with van der Waals surface area (Å²) < 4.78 is 20.5. The molecule has 0 amide bonds. The zero-order chi connectivity index (χ0) is 26.0. The first kappa shape index (κ1) is 24.5. The van der Waals surface area contributed by atoms with Gasteiger partial charge < -0.3 is 28.5 Å². The summed E-state index contributed by atoms with van der Waals surface area (Å²) in [7, 11) is 2.52. The van der Waals surface area contributed by atoms with Crippen molar-refractivity contribution < 1.29 is 38.1 Å². The molecule has 0 spiro atoms. The lowest BCUT2D eigenvalue weighted by atomic mass is 9.98. The van der Waals surface area contributed by atoms with Crippen molar-refractivity contribution in [2.45, 2.75) is 25.7 Å². The molecule has 4 rings (SSSR count). The third kappa shape index (κ3) is 4.65. The van der Waals surface area contributed by atoms with E-state index in [1.165, 1.54) is 50.6 Å². The molecule has 0 aliphatic rings. The summed E-state index contributed by atoms with van der Waals surface area (Å²) >= 11 is 0. The minimum Gasteiger partial charge on any atom is -0.506 e. The topological polar surface area (TPSA) is 153 Å². The Hall–Kier alpha value is -4.60. The maximum absolute atomic E-state index is 12.7. The first-order valence-corrected chi connectivity index (χ1v) is 10.9. The first-order valence-electron chi connectivity index (χ1n) is 10.9. The van der Waals surface area contributed by atoms with Crippen LogP contribution in [0.3, 0.4) is 0 Å². The molecule has 0 radical (unpaired) electrons. The van der Waals surface area contributed by atoms with Gasteiger partial charge in [0.2, 0.25) is 0 Å². The summed E-state index contributed by atoms with van der Waals surface area (Å²) in [6, 6.07) is 8.15. The van der Waals surface area contributed by atoms with E-state index in [0.29, 0.717) is 0 Å². The molecule has 0 aliphatic heterocycles. The predicted molar refractivity (Wildman–Crippen MR) is 128 cm³/mol. The number of aromatic hydroxyl groups is 2. The van der Waals surface area contributed by atoms with Crippen molar-refractivity contribution in [2.75, 3.05) is 14.2 Å². The molecular weight excluding hydrogens is 472 g/mol. The Morgan fingerprint density at radius 1 is 0.722 bits per heavy atom. The van der Waals surface area contributed by atoms with E-state index in [4.69, 9.17) is 8.83 Å². The number of esters is 2. The molecular formula is C26H22O10. The van der Waals surface area contributed by atoms with Gasteiger partial charge in [-0.1, -0.05) is 0 Å². The average Bonchev–Trinajstić information content (AvgIpc) is 2.86. The van der Waals surface area contributed by atoms with Crippen LogP contribution in [0.2, 0.25) is 0 Å². The average molecular weight is 494 g/mol. The molecule has 0 fully saturated rings. The van der Waals surface area contributed by atoms with Crippen molar-refractivity contribution in [3.63, 3.8) is 0 Å². The van der Waals surface area contributed by atoms with Crippen LogP contribution in [0.15, 0.2) is 54.8 Å². The second-order valence-corrected chi connectivity index (χ2v) is 7.98. The molecule has 0 bridgehead atoms. The highest BCUT2D eigenvalue weighted by molar-refractivity contribution is 5.97. The zero-order valence-corrected chi connectivity index (χ0v) is 19.5. The third-order valence-electron chi connectivity index (χ3n) is 5.74. The summed E-state index contributed by atoms with van der Waals surface area (Å²) in [5.41, 5.74) is -0.676. The fourth-order valence-corrected chi connectivity index (χ4v) is 3.91. The fraction of sp³-hybridized carbons (Fsp3) is 0.231. The Balaban J connectivity index is 1.76. The van der Waals surface area contributed by atoms with E-state index in [9.17, 15) is 29.4 Å². The molecule has 0 saturated heterocycles. The van der Waals surface area contributed by atoms with Crippen LogP contribution >= 0.6 is 0 Å². The zero-order valence-electron chi connectivity index (χ0n) is 19.5. The lowest BCUT2D eigenvalue weighted by molar-refractivity contribution is -0.141. The van der Waals surface area contributed by atoms with Crippen molar-refractivity contribution in [3.8, 4) is 22.6 Å². The Morgan fingerprint density at radius 3 is 1.47 bits per heavy atom. The highest BCUT2D eigenvalue weighted by Gasteiger charge is 2.20. The van der Waals surface area contributed by atoms with E-state index in [1.807, 2.05) is 0 Å². The van der Waals surface area contributed by atoms with Gasteiger partial charge in [-0.3, -0.25) is 19.2 Å². The van der Waals surface area contributed by atoms with Gasteiger partial charge in [0.15, 0.2) is 10.9 Å². The van der Waals surface area contributed by atoms with E-state index >= 15 is 0 Å². The van der Waals surface area contributed by atoms with Crippen LogP contribution in [0.4, 0.5) is 0 Å². The van der Waals surface area contributed by atoms with E-state index in [2.05, 4.69) is 9.47 Å². The lowest BCUT2D eigenvalue weighted by Crippen LogP contribution is -2.07. The minimum absolute atomic E-state index is 0.0208. The second-order valence-electron chi connectivity index (χ2n) is 7.98. The van der Waals surface area contributed by atoms with Crippen molar-refractivity contribution in [3.05, 3.63) is 68.4 Å². The number of benzene rings is 2. The maximum atomic E-state index is 12.7. The molecule has 186 valence electrons. The van der Waals surface area contributed by atoms with Gasteiger partial charge >= 0.3 is 11.9 Å². The van der Waals surface area contributed by atoms with Gasteiger partial charge in [0, 0.05) is 36.1 Å². The smallest absolute Gasteiger partial charge is 0.305 e. The van der Waals surface area contributed by atoms with Crippen LogP contribution in [0.1, 0.15) is 24.4 Å². The van der Waals surface area contributed by atoms with Gasteiger partial charge in [-0.25, -0.2) is 0 Å². The molecule has 0 aliphatic carbocycles. The minimum atomic E-state index is -0.537. The van der Waals surface area contributed by atoms with Gasteiger partial charge in [0.25, 0.3) is 0 Å². The summed E-state index contributed by atoms with van der Waals surface area (Å²) in [4.78, 5) is 48.2. The van der Waals surface area contributed by atoms with E-state index < -0.39 is 34.3 Å². The van der Waals surface area contributed by atoms with Gasteiger partial charge in [0.1, 0.15) is 45.0 Å². The number of phenolic OH excluding ortho intramolecular Hbond substituents is 2. The SMILES string of the molecule is COC(=O)CCc1cc(=O)c2c(O)c(-c3ccc4oc(CCC(=O)OC)cc(=O)c4c3O)ccc2o1. The highest BCUT2D eigenvalue weighted by Crippen LogP contribution is 2.41. The van der Waals surface area contributed by atoms with Gasteiger partial charge in [-0.05, 0) is 24.3 Å². The van der Waals surface area contributed by atoms with Crippen molar-refractivity contribution in [1.29, 1.82) is 0 Å². The van der Waals surface area contributed by atoms with Gasteiger partial charge in [-0.2, -0.15) is 0 Å². The Morgan fingerprint density at radius 2 is 1.11 bits per heavy atom. The van der Waals surface area contributed by atoms with Crippen molar-refractivity contribution >= 4 is 33.9 Å². The van der Waals surface area contributed by atoms with Crippen molar-refractivity contribution in [1.82, 2.24) is 0 Å². The monoisotopic (exact) mass is 494 g/mol. The summed E-state index contributed by atoms with van der Waals surface area (Å²) in [5.74, 6) is -1.28. The first-order chi connectivity index (χ1) is 17.2. The summed E-state index contributed by atoms with van der Waals surface area (Å²) in [6.07, 6.45) is 0.326. The molecule has 0 saturated carbocycles. The molecule has 0 unspecified atom stereocenters. The Labute approximate surface area is 203 Å². The van der Waals surface area contributed by atoms with Gasteiger partial charge in [0.05, 0.1) is 27.1 Å². The third-order valence-corrected chi connectivity index (χ3v) is 5.74. The molecule has 2 aromatic heterocycles. The van der Waals surface area contributed by atoms with E-state index in [0.717, 1.165) is 0 Å². The van der Waals surface area contributed by atoms with Gasteiger partial charge in [-0.15, -0.1) is 0 Å². The maximum Gasteiger partial charge on any atom is 0.305 e. The quantitative estimate of drug-likeness (QED) is 0.366. The number of hydrogen-bond donors (Lipinski definition) is 2. The lowest BCUT2D eigenvalue weighted by Gasteiger charge is -2.12. The summed E-state index contributed by atoms with van der Waals surface area (Å²) in [5, 5.41) is 21.6. The Bertz CT molecular complexity index is 1490. The Kier molecular flexibility index (Phi) is 6.77. The standard InChI is InChI=1S/C26H22O10/c1-33-21(29)9-3-13-11-17(27)23-19(35-13)7-5-15(25(23)31)16-6-8-20-24(26(16)32)18(28)12-14(36-20)4-10-22(30)34-2/h5-8,11-12,31-32H,3-4,9-10H2,1-2H3. The number of carbonyl (C=O) groups excluding carboxylic acids is 2. The van der Waals surface area contributed by atoms with Crippen LogP contribution < -0.4 is 10.9 Å². The molecule has 2 N–H and O–H groups in total. The molecule has 4 aromatic rings. The molecule has 10 nitrogen and oxygen atoms in total. The molecule has 0 atom stereocenters. The van der Waals surface area contributed by atoms with Crippen LogP contribution in [-0.4, -0.2) is 36.4 Å². The number of rotatable bonds is 7. The normalized spacial score (nSPS) is 11.1. The summed E-state index contributed by atoms with van der Waals surface area (Å²) in [6.45, 7) is 0. The number of ether oxygens (including phenoxy) is 2. The number of phenols is 2. The van der Waals surface area contributed by atoms with Crippen LogP contribution in [0, 0.1) is 0 Å². The number of hydrogen-bond acceptors (Lipinski definition) is 10. The number of carbonyl (C=O) groups is 2. The second kappa shape index (κ2) is 9.95. The number of methoxy groups -OCH3 is 2.